The summed E-state index contributed by atoms with van der Waals surface area (Å²) in [4.78, 5) is 3.27. The minimum Gasteiger partial charge on any atom is -0.384 e. The lowest BCUT2D eigenvalue weighted by molar-refractivity contribution is 1.22. The van der Waals surface area contributed by atoms with E-state index < -0.39 is 0 Å². The maximum Gasteiger partial charge on any atom is 0.0622 e. The number of hydrogen-bond donors (Lipinski definition) is 2. The maximum atomic E-state index is 3.59. The van der Waals surface area contributed by atoms with Crippen LogP contribution >= 0.6 is 15.9 Å². The van der Waals surface area contributed by atoms with Gasteiger partial charge in [0.1, 0.15) is 0 Å². The molecule has 2 aromatic rings. The highest BCUT2D eigenvalue weighted by Crippen LogP contribution is 2.31. The molecule has 2 N–H and O–H groups in total. The fraction of sp³-hybridized carbons (Fsp3) is 0.273. The topological polar surface area (TPSA) is 27.8 Å². The van der Waals surface area contributed by atoms with Crippen LogP contribution in [0, 0.1) is 6.92 Å². The first-order chi connectivity index (χ1) is 6.74. The molecule has 0 atom stereocenters. The quantitative estimate of drug-likeness (QED) is 0.839. The summed E-state index contributed by atoms with van der Waals surface area (Å²) in [5, 5.41) is 4.57. The van der Waals surface area contributed by atoms with Gasteiger partial charge in [-0.25, -0.2) is 0 Å². The molecule has 1 heterocycles. The Morgan fingerprint density at radius 1 is 1.43 bits per heavy atom. The van der Waals surface area contributed by atoms with E-state index in [-0.39, 0.29) is 0 Å². The Hall–Kier alpha value is -0.960. The average Bonchev–Trinajstić information content (AvgIpc) is 2.57. The molecule has 0 bridgehead atoms. The highest BCUT2D eigenvalue weighted by Gasteiger charge is 2.06. The summed E-state index contributed by atoms with van der Waals surface area (Å²) >= 11 is 3.59. The van der Waals surface area contributed by atoms with Crippen LogP contribution in [0.1, 0.15) is 12.5 Å². The summed E-state index contributed by atoms with van der Waals surface area (Å²) in [6.45, 7) is 5.14. The van der Waals surface area contributed by atoms with E-state index in [9.17, 15) is 0 Å². The van der Waals surface area contributed by atoms with E-state index >= 15 is 0 Å². The Bertz CT molecular complexity index is 460. The third-order valence-electron chi connectivity index (χ3n) is 2.35. The standard InChI is InChI=1S/C11H13BrN2/c1-3-13-9-6-14-11-8(9)5-4-7(2)10(11)12/h4-6,13-14H,3H2,1-2H3. The van der Waals surface area contributed by atoms with Crippen LogP contribution in [0.2, 0.25) is 0 Å². The van der Waals surface area contributed by atoms with Gasteiger partial charge in [-0.05, 0) is 35.3 Å². The molecule has 0 unspecified atom stereocenters. The molecule has 1 aromatic carbocycles. The van der Waals surface area contributed by atoms with Gasteiger partial charge in [-0.2, -0.15) is 0 Å². The van der Waals surface area contributed by atoms with E-state index in [1.54, 1.807) is 0 Å². The van der Waals surface area contributed by atoms with Gasteiger partial charge in [-0.15, -0.1) is 0 Å². The lowest BCUT2D eigenvalue weighted by Crippen LogP contribution is -1.94. The van der Waals surface area contributed by atoms with Crippen molar-refractivity contribution < 1.29 is 0 Å². The molecule has 0 radical (unpaired) electrons. The van der Waals surface area contributed by atoms with Gasteiger partial charge < -0.3 is 10.3 Å². The van der Waals surface area contributed by atoms with Gasteiger partial charge in [-0.3, -0.25) is 0 Å². The van der Waals surface area contributed by atoms with Crippen LogP contribution in [-0.4, -0.2) is 11.5 Å². The molecule has 0 fully saturated rings. The first-order valence-corrected chi connectivity index (χ1v) is 5.53. The Balaban J connectivity index is 2.64. The van der Waals surface area contributed by atoms with E-state index in [2.05, 4.69) is 52.2 Å². The highest BCUT2D eigenvalue weighted by atomic mass is 79.9. The second-order valence-corrected chi connectivity index (χ2v) is 4.14. The molecule has 0 aliphatic rings. The Morgan fingerprint density at radius 2 is 2.21 bits per heavy atom. The monoisotopic (exact) mass is 252 g/mol. The maximum absolute atomic E-state index is 3.59. The minimum atomic E-state index is 0.943. The molecule has 2 nitrogen and oxygen atoms in total. The number of halogens is 1. The fourth-order valence-electron chi connectivity index (χ4n) is 1.60. The molecule has 0 aliphatic heterocycles. The molecule has 0 spiro atoms. The van der Waals surface area contributed by atoms with Crippen molar-refractivity contribution in [2.45, 2.75) is 13.8 Å². The summed E-state index contributed by atoms with van der Waals surface area (Å²) < 4.78 is 1.15. The number of aromatic amines is 1. The first kappa shape index (κ1) is 9.59. The second kappa shape index (κ2) is 3.65. The van der Waals surface area contributed by atoms with Crippen LogP contribution in [0.4, 0.5) is 5.69 Å². The minimum absolute atomic E-state index is 0.943. The number of hydrogen-bond acceptors (Lipinski definition) is 1. The summed E-state index contributed by atoms with van der Waals surface area (Å²) in [7, 11) is 0. The van der Waals surface area contributed by atoms with E-state index in [4.69, 9.17) is 0 Å². The zero-order valence-electron chi connectivity index (χ0n) is 8.32. The number of aromatic nitrogens is 1. The summed E-state index contributed by atoms with van der Waals surface area (Å²) in [5.41, 5.74) is 3.59. The average molecular weight is 253 g/mol. The van der Waals surface area contributed by atoms with Crippen LogP contribution in [0.3, 0.4) is 0 Å². The first-order valence-electron chi connectivity index (χ1n) is 4.74. The molecule has 2 rings (SSSR count). The number of benzene rings is 1. The van der Waals surface area contributed by atoms with Gasteiger partial charge in [-0.1, -0.05) is 12.1 Å². The van der Waals surface area contributed by atoms with E-state index in [1.165, 1.54) is 22.2 Å². The molecule has 0 amide bonds. The lowest BCUT2D eigenvalue weighted by Gasteiger charge is -2.02. The smallest absolute Gasteiger partial charge is 0.0622 e. The third kappa shape index (κ3) is 1.42. The van der Waals surface area contributed by atoms with Gasteiger partial charge in [0.15, 0.2) is 0 Å². The predicted octanol–water partition coefficient (Wildman–Crippen LogP) is 3.67. The predicted molar refractivity (Wildman–Crippen MR) is 64.9 cm³/mol. The van der Waals surface area contributed by atoms with Gasteiger partial charge >= 0.3 is 0 Å². The second-order valence-electron chi connectivity index (χ2n) is 3.35. The Morgan fingerprint density at radius 3 is 2.93 bits per heavy atom. The zero-order valence-corrected chi connectivity index (χ0v) is 9.90. The number of aryl methyl sites for hydroxylation is 1. The van der Waals surface area contributed by atoms with Crippen LogP contribution in [0.25, 0.3) is 10.9 Å². The third-order valence-corrected chi connectivity index (χ3v) is 3.38. The molecule has 3 heteroatoms. The summed E-state index contributed by atoms with van der Waals surface area (Å²) in [6.07, 6.45) is 2.01. The number of H-pyrrole nitrogens is 1. The Labute approximate surface area is 91.8 Å². The van der Waals surface area contributed by atoms with Crippen molar-refractivity contribution in [3.63, 3.8) is 0 Å². The van der Waals surface area contributed by atoms with Crippen LogP contribution in [-0.2, 0) is 0 Å². The zero-order chi connectivity index (χ0) is 10.1. The van der Waals surface area contributed by atoms with Gasteiger partial charge in [0.2, 0.25) is 0 Å². The van der Waals surface area contributed by atoms with Gasteiger partial charge in [0.25, 0.3) is 0 Å². The van der Waals surface area contributed by atoms with Crippen molar-refractivity contribution in [1.82, 2.24) is 4.98 Å². The van der Waals surface area contributed by atoms with Gasteiger partial charge in [0.05, 0.1) is 11.2 Å². The fourth-order valence-corrected chi connectivity index (χ4v) is 2.06. The van der Waals surface area contributed by atoms with Crippen LogP contribution in [0.5, 0.6) is 0 Å². The van der Waals surface area contributed by atoms with E-state index in [0.717, 1.165) is 11.0 Å². The molecular formula is C11H13BrN2. The number of nitrogens with one attached hydrogen (secondary N) is 2. The molecule has 14 heavy (non-hydrogen) atoms. The summed E-state index contributed by atoms with van der Waals surface area (Å²) in [6, 6.07) is 4.27. The van der Waals surface area contributed by atoms with E-state index in [0.29, 0.717) is 0 Å². The SMILES string of the molecule is CCNc1c[nH]c2c(Br)c(C)ccc12. The number of fused-ring (bicyclic) bond motifs is 1. The van der Waals surface area contributed by atoms with Crippen molar-refractivity contribution in [1.29, 1.82) is 0 Å². The molecule has 1 aromatic heterocycles. The summed E-state index contributed by atoms with van der Waals surface area (Å²) in [5.74, 6) is 0. The number of rotatable bonds is 2. The highest BCUT2D eigenvalue weighted by molar-refractivity contribution is 9.10. The van der Waals surface area contributed by atoms with Crippen molar-refractivity contribution >= 4 is 32.5 Å². The number of anilines is 1. The lowest BCUT2D eigenvalue weighted by atomic mass is 10.2. The van der Waals surface area contributed by atoms with Crippen LogP contribution < -0.4 is 5.32 Å². The van der Waals surface area contributed by atoms with Crippen molar-refractivity contribution in [2.24, 2.45) is 0 Å². The molecule has 74 valence electrons. The van der Waals surface area contributed by atoms with Crippen molar-refractivity contribution in [2.75, 3.05) is 11.9 Å². The van der Waals surface area contributed by atoms with Gasteiger partial charge in [0, 0.05) is 22.6 Å². The van der Waals surface area contributed by atoms with E-state index in [1.807, 2.05) is 6.20 Å². The Kier molecular flexibility index (Phi) is 2.50. The molecule has 0 aliphatic carbocycles. The van der Waals surface area contributed by atoms with Crippen molar-refractivity contribution in [3.8, 4) is 0 Å². The van der Waals surface area contributed by atoms with Crippen molar-refractivity contribution in [3.05, 3.63) is 28.4 Å². The normalized spacial score (nSPS) is 10.8. The molecular weight excluding hydrogens is 240 g/mol. The molecule has 0 saturated carbocycles. The molecule has 0 saturated heterocycles. The van der Waals surface area contributed by atoms with Crippen LogP contribution in [0.15, 0.2) is 22.8 Å². The largest absolute Gasteiger partial charge is 0.384 e.